The number of anilines is 3. The van der Waals surface area contributed by atoms with Crippen LogP contribution in [-0.2, 0) is 9.59 Å². The van der Waals surface area contributed by atoms with Gasteiger partial charge in [-0.25, -0.2) is 0 Å². The number of nitrogens with zero attached hydrogens (tertiary/aromatic N) is 2. The van der Waals surface area contributed by atoms with Crippen LogP contribution in [0.1, 0.15) is 0 Å². The van der Waals surface area contributed by atoms with Gasteiger partial charge in [0.2, 0.25) is 11.8 Å². The first kappa shape index (κ1) is 19.6. The topological polar surface area (TPSA) is 109 Å². The number of nitrogen functional groups attached to an aromatic ring is 1. The van der Waals surface area contributed by atoms with Crippen molar-refractivity contribution in [2.45, 2.75) is 0 Å². The van der Waals surface area contributed by atoms with Crippen LogP contribution in [0, 0.1) is 0 Å². The van der Waals surface area contributed by atoms with E-state index in [-0.39, 0.29) is 20.7 Å². The van der Waals surface area contributed by atoms with Crippen molar-refractivity contribution in [3.63, 3.8) is 0 Å². The van der Waals surface area contributed by atoms with Crippen LogP contribution in [0.4, 0.5) is 28.4 Å². The summed E-state index contributed by atoms with van der Waals surface area (Å²) in [6, 6.07) is 12.5. The number of amides is 2. The van der Waals surface area contributed by atoms with Crippen LogP contribution in [-0.4, -0.2) is 20.7 Å². The molecule has 130 valence electrons. The maximum atomic E-state index is 11.9. The van der Waals surface area contributed by atoms with E-state index in [4.69, 9.17) is 5.73 Å². The van der Waals surface area contributed by atoms with E-state index in [0.29, 0.717) is 28.4 Å². The summed E-state index contributed by atoms with van der Waals surface area (Å²) in [5.41, 5.74) is 8.04. The van der Waals surface area contributed by atoms with Gasteiger partial charge in [0.15, 0.2) is 0 Å². The molecule has 9 heteroatoms. The molecule has 2 amide bonds. The van der Waals surface area contributed by atoms with E-state index in [9.17, 15) is 9.59 Å². The summed E-state index contributed by atoms with van der Waals surface area (Å²) in [4.78, 5) is 23.7. The average molecular weight is 563 g/mol. The van der Waals surface area contributed by atoms with Crippen molar-refractivity contribution in [2.75, 3.05) is 25.2 Å². The Morgan fingerprint density at radius 3 is 2.08 bits per heavy atom. The molecule has 0 aliphatic heterocycles. The number of rotatable bonds is 6. The van der Waals surface area contributed by atoms with Crippen molar-refractivity contribution >= 4 is 85.4 Å². The lowest BCUT2D eigenvalue weighted by atomic mass is 10.2. The number of carbonyl (C=O) groups excluding carboxylic acids is 2. The number of carbonyl (C=O) groups is 2. The first-order chi connectivity index (χ1) is 12.0. The fourth-order valence-corrected chi connectivity index (χ4v) is 2.29. The highest BCUT2D eigenvalue weighted by Gasteiger charge is 2.16. The minimum atomic E-state index is -0.229. The van der Waals surface area contributed by atoms with E-state index in [1.165, 1.54) is 0 Å². The lowest BCUT2D eigenvalue weighted by Crippen LogP contribution is -2.18. The number of hydrogen-bond acceptors (Lipinski definition) is 5. The van der Waals surface area contributed by atoms with Gasteiger partial charge in [-0.2, -0.15) is 5.11 Å². The molecular weight excluding hydrogens is 548 g/mol. The van der Waals surface area contributed by atoms with Crippen molar-refractivity contribution in [3.8, 4) is 0 Å². The van der Waals surface area contributed by atoms with E-state index in [1.54, 1.807) is 12.1 Å². The van der Waals surface area contributed by atoms with E-state index in [1.807, 2.05) is 75.5 Å². The highest BCUT2D eigenvalue weighted by atomic mass is 127. The van der Waals surface area contributed by atoms with E-state index in [2.05, 4.69) is 20.9 Å². The Bertz CT molecular complexity index is 797. The maximum Gasteiger partial charge on any atom is 0.234 e. The van der Waals surface area contributed by atoms with Crippen molar-refractivity contribution in [1.29, 1.82) is 0 Å². The fourth-order valence-electron chi connectivity index (χ4n) is 1.90. The quantitative estimate of drug-likeness (QED) is 0.210. The van der Waals surface area contributed by atoms with Crippen molar-refractivity contribution in [3.05, 3.63) is 42.5 Å². The lowest BCUT2D eigenvalue weighted by Gasteiger charge is -2.15. The van der Waals surface area contributed by atoms with E-state index < -0.39 is 0 Å². The van der Waals surface area contributed by atoms with Crippen LogP contribution in [0.2, 0.25) is 0 Å². The largest absolute Gasteiger partial charge is 0.397 e. The van der Waals surface area contributed by atoms with E-state index in [0.717, 1.165) is 0 Å². The second kappa shape index (κ2) is 9.65. The van der Waals surface area contributed by atoms with Gasteiger partial charge >= 0.3 is 0 Å². The summed E-state index contributed by atoms with van der Waals surface area (Å²) < 4.78 is 0.508. The molecule has 0 heterocycles. The average Bonchev–Trinajstić information content (AvgIpc) is 2.64. The van der Waals surface area contributed by atoms with E-state index >= 15 is 0 Å². The third kappa shape index (κ3) is 5.63. The Hall–Kier alpha value is -1.76. The molecule has 4 N–H and O–H groups in total. The minimum Gasteiger partial charge on any atom is -0.397 e. The second-order valence-electron chi connectivity index (χ2n) is 4.82. The molecule has 25 heavy (non-hydrogen) atoms. The molecule has 0 unspecified atom stereocenters. The lowest BCUT2D eigenvalue weighted by molar-refractivity contribution is -0.114. The molecule has 7 nitrogen and oxygen atoms in total. The third-order valence-electron chi connectivity index (χ3n) is 3.02. The molecule has 0 aliphatic rings. The molecular formula is C16H15I2N5O2. The van der Waals surface area contributed by atoms with Gasteiger partial charge in [-0.3, -0.25) is 9.59 Å². The molecule has 0 radical (unpaired) electrons. The van der Waals surface area contributed by atoms with Gasteiger partial charge in [-0.15, -0.1) is 5.11 Å². The molecule has 0 fully saturated rings. The van der Waals surface area contributed by atoms with Crippen LogP contribution < -0.4 is 16.4 Å². The predicted molar refractivity (Wildman–Crippen MR) is 117 cm³/mol. The Morgan fingerprint density at radius 1 is 0.880 bits per heavy atom. The third-order valence-corrected chi connectivity index (χ3v) is 4.40. The van der Waals surface area contributed by atoms with Gasteiger partial charge in [-0.1, -0.05) is 63.4 Å². The zero-order valence-electron chi connectivity index (χ0n) is 13.0. The molecule has 0 spiro atoms. The molecule has 0 bridgehead atoms. The van der Waals surface area contributed by atoms with Gasteiger partial charge in [0.05, 0.1) is 31.6 Å². The molecule has 0 saturated heterocycles. The summed E-state index contributed by atoms with van der Waals surface area (Å²) in [5, 5.41) is 13.8. The zero-order valence-corrected chi connectivity index (χ0v) is 17.3. The van der Waals surface area contributed by atoms with Crippen molar-refractivity contribution in [2.24, 2.45) is 10.2 Å². The first-order valence-electron chi connectivity index (χ1n) is 7.16. The molecule has 0 aliphatic carbocycles. The number of azo groups is 1. The number of nitrogens with two attached hydrogens (primary N) is 1. The summed E-state index contributed by atoms with van der Waals surface area (Å²) in [5.74, 6) is -0.457. The monoisotopic (exact) mass is 563 g/mol. The Balaban J connectivity index is 2.46. The van der Waals surface area contributed by atoms with Crippen molar-refractivity contribution < 1.29 is 9.59 Å². The van der Waals surface area contributed by atoms with Crippen LogP contribution in [0.5, 0.6) is 0 Å². The summed E-state index contributed by atoms with van der Waals surface area (Å²) >= 11 is 3.90. The zero-order chi connectivity index (χ0) is 18.2. The smallest absolute Gasteiger partial charge is 0.234 e. The van der Waals surface area contributed by atoms with Gasteiger partial charge in [-0.05, 0) is 24.3 Å². The molecule has 0 atom stereocenters. The molecule has 2 aromatic rings. The SMILES string of the molecule is Nc1ccc(N=Nc2ccccc2)c(NC(=O)CI)c1NC(=O)CI. The maximum absolute atomic E-state index is 11.9. The van der Waals surface area contributed by atoms with Crippen LogP contribution in [0.25, 0.3) is 0 Å². The molecule has 0 saturated carbocycles. The second-order valence-corrected chi connectivity index (χ2v) is 6.35. The number of nitrogens with one attached hydrogen (secondary N) is 2. The Labute approximate surface area is 172 Å². The normalized spacial score (nSPS) is 10.6. The fraction of sp³-hybridized carbons (Fsp3) is 0.125. The summed E-state index contributed by atoms with van der Waals surface area (Å²) in [6.45, 7) is 0. The van der Waals surface area contributed by atoms with Gasteiger partial charge in [0.1, 0.15) is 5.69 Å². The Morgan fingerprint density at radius 2 is 1.48 bits per heavy atom. The van der Waals surface area contributed by atoms with Crippen molar-refractivity contribution in [1.82, 2.24) is 0 Å². The highest BCUT2D eigenvalue weighted by molar-refractivity contribution is 14.1. The Kier molecular flexibility index (Phi) is 7.55. The van der Waals surface area contributed by atoms with Gasteiger partial charge < -0.3 is 16.4 Å². The summed E-state index contributed by atoms with van der Waals surface area (Å²) in [6.07, 6.45) is 0. The highest BCUT2D eigenvalue weighted by Crippen LogP contribution is 2.38. The number of benzene rings is 2. The standard InChI is InChI=1S/C16H15I2N5O2/c17-8-13(24)20-15-11(19)6-7-12(16(15)21-14(25)9-18)23-22-10-4-2-1-3-5-10/h1-7H,8-9,19H2,(H,20,24)(H,21,25). The summed E-state index contributed by atoms with van der Waals surface area (Å²) in [7, 11) is 0. The van der Waals surface area contributed by atoms with Gasteiger partial charge in [0.25, 0.3) is 0 Å². The molecule has 2 aromatic carbocycles. The predicted octanol–water partition coefficient (Wildman–Crippen LogP) is 4.43. The number of halogens is 2. The number of hydrogen-bond donors (Lipinski definition) is 3. The van der Waals surface area contributed by atoms with Crippen LogP contribution >= 0.6 is 45.2 Å². The molecule has 0 aromatic heterocycles. The van der Waals surface area contributed by atoms with Crippen LogP contribution in [0.15, 0.2) is 52.7 Å². The van der Waals surface area contributed by atoms with Crippen LogP contribution in [0.3, 0.4) is 0 Å². The minimum absolute atomic E-state index is 0.227. The molecule has 2 rings (SSSR count). The van der Waals surface area contributed by atoms with Gasteiger partial charge in [0, 0.05) is 0 Å². The number of alkyl halides is 2. The first-order valence-corrected chi connectivity index (χ1v) is 10.2.